The Morgan fingerprint density at radius 1 is 1.43 bits per heavy atom. The molecule has 0 atom stereocenters. The predicted octanol–water partition coefficient (Wildman–Crippen LogP) is 0.356. The molecule has 0 saturated carbocycles. The highest BCUT2D eigenvalue weighted by atomic mass is 32.2. The summed E-state index contributed by atoms with van der Waals surface area (Å²) < 4.78 is 29.9. The first kappa shape index (κ1) is 13.4. The van der Waals surface area contributed by atoms with E-state index in [1.807, 2.05) is 6.92 Å². The topological polar surface area (TPSA) is 55.4 Å². The minimum atomic E-state index is -3.18. The fraction of sp³-hybridized carbons (Fsp3) is 0.778. The molecule has 0 aliphatic carbocycles. The third-order valence-electron chi connectivity index (χ3n) is 1.45. The Kier molecular flexibility index (Phi) is 7.48. The Balaban J connectivity index is 3.65. The quantitative estimate of drug-likeness (QED) is 0.497. The molecule has 0 amide bonds. The van der Waals surface area contributed by atoms with Crippen LogP contribution < -0.4 is 4.72 Å². The molecule has 1 N–H and O–H groups in total. The van der Waals surface area contributed by atoms with Crippen LogP contribution in [0.15, 0.2) is 0 Å². The number of hydrogen-bond donors (Lipinski definition) is 1. The van der Waals surface area contributed by atoms with Crippen LogP contribution in [0.1, 0.15) is 20.3 Å². The van der Waals surface area contributed by atoms with Crippen molar-refractivity contribution < 1.29 is 13.2 Å². The molecule has 0 heterocycles. The molecule has 0 rings (SSSR count). The largest absolute Gasteiger partial charge is 0.381 e. The Morgan fingerprint density at radius 3 is 2.71 bits per heavy atom. The molecule has 0 unspecified atom stereocenters. The van der Waals surface area contributed by atoms with Gasteiger partial charge >= 0.3 is 0 Å². The van der Waals surface area contributed by atoms with Crippen molar-refractivity contribution in [3.05, 3.63) is 0 Å². The number of ether oxygens (including phenoxy) is 1. The standard InChI is InChI=1S/C9H17NO3S/c1-3-5-6-7-10-14(11,12)9-8-13-4-2/h10H,4,6-9H2,1-2H3. The van der Waals surface area contributed by atoms with Gasteiger partial charge in [0.2, 0.25) is 10.0 Å². The lowest BCUT2D eigenvalue weighted by Gasteiger charge is -2.04. The third kappa shape index (κ3) is 8.05. The van der Waals surface area contributed by atoms with Crippen molar-refractivity contribution in [1.82, 2.24) is 4.72 Å². The van der Waals surface area contributed by atoms with Gasteiger partial charge in [-0.25, -0.2) is 13.1 Å². The van der Waals surface area contributed by atoms with E-state index in [0.717, 1.165) is 0 Å². The predicted molar refractivity (Wildman–Crippen MR) is 56.3 cm³/mol. The second-order valence-electron chi connectivity index (χ2n) is 2.59. The van der Waals surface area contributed by atoms with Gasteiger partial charge in [-0.1, -0.05) is 0 Å². The van der Waals surface area contributed by atoms with E-state index in [2.05, 4.69) is 16.6 Å². The maximum absolute atomic E-state index is 11.2. The van der Waals surface area contributed by atoms with Crippen LogP contribution in [0.4, 0.5) is 0 Å². The fourth-order valence-corrected chi connectivity index (χ4v) is 1.67. The normalized spacial score (nSPS) is 10.7. The minimum absolute atomic E-state index is 0.0143. The lowest BCUT2D eigenvalue weighted by Crippen LogP contribution is -2.29. The van der Waals surface area contributed by atoms with Crippen LogP contribution in [0.25, 0.3) is 0 Å². The van der Waals surface area contributed by atoms with Crippen LogP contribution in [0, 0.1) is 11.8 Å². The van der Waals surface area contributed by atoms with Crippen molar-refractivity contribution in [3.8, 4) is 11.8 Å². The lowest BCUT2D eigenvalue weighted by atomic mass is 10.4. The average Bonchev–Trinajstić information content (AvgIpc) is 2.13. The van der Waals surface area contributed by atoms with Gasteiger partial charge in [-0.3, -0.25) is 0 Å². The van der Waals surface area contributed by atoms with E-state index in [4.69, 9.17) is 4.74 Å². The highest BCUT2D eigenvalue weighted by molar-refractivity contribution is 7.89. The van der Waals surface area contributed by atoms with E-state index >= 15 is 0 Å². The van der Waals surface area contributed by atoms with E-state index in [9.17, 15) is 8.42 Å². The van der Waals surface area contributed by atoms with Gasteiger partial charge in [-0.05, 0) is 13.8 Å². The first-order valence-corrected chi connectivity index (χ1v) is 6.22. The molecule has 82 valence electrons. The second-order valence-corrected chi connectivity index (χ2v) is 4.51. The molecule has 0 bridgehead atoms. The van der Waals surface area contributed by atoms with Gasteiger partial charge in [0.05, 0.1) is 12.4 Å². The van der Waals surface area contributed by atoms with Gasteiger partial charge in [-0.15, -0.1) is 11.8 Å². The lowest BCUT2D eigenvalue weighted by molar-refractivity contribution is 0.163. The van der Waals surface area contributed by atoms with Crippen molar-refractivity contribution >= 4 is 10.0 Å². The van der Waals surface area contributed by atoms with Crippen LogP contribution in [0.5, 0.6) is 0 Å². The van der Waals surface area contributed by atoms with Gasteiger partial charge in [-0.2, -0.15) is 0 Å². The molecule has 14 heavy (non-hydrogen) atoms. The summed E-state index contributed by atoms with van der Waals surface area (Å²) >= 11 is 0. The molecule has 0 spiro atoms. The molecule has 4 nitrogen and oxygen atoms in total. The van der Waals surface area contributed by atoms with E-state index in [0.29, 0.717) is 19.6 Å². The molecule has 0 aromatic rings. The molecular weight excluding hydrogens is 202 g/mol. The molecule has 0 saturated heterocycles. The zero-order valence-corrected chi connectivity index (χ0v) is 9.49. The number of rotatable bonds is 7. The van der Waals surface area contributed by atoms with Crippen LogP contribution >= 0.6 is 0 Å². The van der Waals surface area contributed by atoms with E-state index in [1.165, 1.54) is 0 Å². The molecule has 0 aliphatic heterocycles. The summed E-state index contributed by atoms with van der Waals surface area (Å²) in [5.74, 6) is 5.49. The Hall–Kier alpha value is -0.570. The summed E-state index contributed by atoms with van der Waals surface area (Å²) in [6.45, 7) is 4.71. The van der Waals surface area contributed by atoms with Crippen molar-refractivity contribution in [2.45, 2.75) is 20.3 Å². The van der Waals surface area contributed by atoms with Crippen LogP contribution in [0.3, 0.4) is 0 Å². The van der Waals surface area contributed by atoms with Gasteiger partial charge in [0.25, 0.3) is 0 Å². The highest BCUT2D eigenvalue weighted by Gasteiger charge is 2.07. The smallest absolute Gasteiger partial charge is 0.213 e. The summed E-state index contributed by atoms with van der Waals surface area (Å²) in [7, 11) is -3.18. The maximum Gasteiger partial charge on any atom is 0.213 e. The SMILES string of the molecule is CC#CCCNS(=O)(=O)CCOCC. The molecule has 0 aromatic heterocycles. The molecule has 0 radical (unpaired) electrons. The van der Waals surface area contributed by atoms with Crippen LogP contribution in [-0.4, -0.2) is 33.9 Å². The molecule has 0 fully saturated rings. The van der Waals surface area contributed by atoms with Crippen LogP contribution in [0.2, 0.25) is 0 Å². The fourth-order valence-electron chi connectivity index (χ4n) is 0.779. The zero-order chi connectivity index (χ0) is 10.9. The number of hydrogen-bond acceptors (Lipinski definition) is 3. The van der Waals surface area contributed by atoms with Crippen molar-refractivity contribution in [3.63, 3.8) is 0 Å². The first-order chi connectivity index (χ1) is 6.62. The molecule has 0 aromatic carbocycles. The Morgan fingerprint density at radius 2 is 2.14 bits per heavy atom. The second kappa shape index (κ2) is 7.80. The number of sulfonamides is 1. The van der Waals surface area contributed by atoms with Crippen LogP contribution in [-0.2, 0) is 14.8 Å². The summed E-state index contributed by atoms with van der Waals surface area (Å²) in [5, 5.41) is 0. The average molecular weight is 219 g/mol. The van der Waals surface area contributed by atoms with Gasteiger partial charge in [0, 0.05) is 19.6 Å². The van der Waals surface area contributed by atoms with E-state index < -0.39 is 10.0 Å². The van der Waals surface area contributed by atoms with E-state index in [-0.39, 0.29) is 12.4 Å². The van der Waals surface area contributed by atoms with Crippen molar-refractivity contribution in [1.29, 1.82) is 0 Å². The summed E-state index contributed by atoms with van der Waals surface area (Å²) in [6.07, 6.45) is 0.546. The molecular formula is C9H17NO3S. The van der Waals surface area contributed by atoms with Gasteiger partial charge < -0.3 is 4.74 Å². The molecule has 0 aliphatic rings. The summed E-state index contributed by atoms with van der Waals surface area (Å²) in [5.41, 5.74) is 0. The Labute approximate surface area is 86.1 Å². The maximum atomic E-state index is 11.2. The minimum Gasteiger partial charge on any atom is -0.381 e. The van der Waals surface area contributed by atoms with Crippen molar-refractivity contribution in [2.24, 2.45) is 0 Å². The summed E-state index contributed by atoms with van der Waals surface area (Å²) in [4.78, 5) is 0. The Bertz CT molecular complexity index is 287. The third-order valence-corrected chi connectivity index (χ3v) is 2.80. The zero-order valence-electron chi connectivity index (χ0n) is 8.67. The molecule has 5 heteroatoms. The monoisotopic (exact) mass is 219 g/mol. The van der Waals surface area contributed by atoms with Gasteiger partial charge in [0.1, 0.15) is 0 Å². The number of nitrogens with one attached hydrogen (secondary N) is 1. The van der Waals surface area contributed by atoms with E-state index in [1.54, 1.807) is 6.92 Å². The highest BCUT2D eigenvalue weighted by Crippen LogP contribution is 1.86. The first-order valence-electron chi connectivity index (χ1n) is 4.57. The van der Waals surface area contributed by atoms with Crippen molar-refractivity contribution in [2.75, 3.05) is 25.5 Å². The van der Waals surface area contributed by atoms with Gasteiger partial charge in [0.15, 0.2) is 0 Å². The summed E-state index contributed by atoms with van der Waals surface area (Å²) in [6, 6.07) is 0.